The average molecular weight is 636 g/mol. The first-order valence-corrected chi connectivity index (χ1v) is 17.3. The molecule has 0 radical (unpaired) electrons. The van der Waals surface area contributed by atoms with E-state index in [0.717, 1.165) is 25.2 Å². The van der Waals surface area contributed by atoms with E-state index >= 15 is 0 Å². The second-order valence-electron chi connectivity index (χ2n) is 11.0. The Balaban J connectivity index is 0. The summed E-state index contributed by atoms with van der Waals surface area (Å²) < 4.78 is 0. The summed E-state index contributed by atoms with van der Waals surface area (Å²) in [5.74, 6) is 1.43. The minimum atomic E-state index is 0. The van der Waals surface area contributed by atoms with Crippen molar-refractivity contribution in [1.29, 1.82) is 0 Å². The van der Waals surface area contributed by atoms with Crippen LogP contribution in [0.5, 0.6) is 0 Å². The van der Waals surface area contributed by atoms with Gasteiger partial charge in [-0.2, -0.15) is 0 Å². The Kier molecular flexibility index (Phi) is 32.1. The van der Waals surface area contributed by atoms with Gasteiger partial charge in [0.1, 0.15) is 0 Å². The van der Waals surface area contributed by atoms with Gasteiger partial charge in [-0.1, -0.05) is 199 Å². The fourth-order valence-corrected chi connectivity index (χ4v) is 4.31. The number of nitrogens with two attached hydrogens (primary N) is 1. The minimum Gasteiger partial charge on any atom is -0.412 e. The molecule has 4 rings (SSSR count). The zero-order valence-corrected chi connectivity index (χ0v) is 30.3. The predicted octanol–water partition coefficient (Wildman–Crippen LogP) is 12.1. The molecule has 0 bridgehead atoms. The van der Waals surface area contributed by atoms with E-state index in [1.165, 1.54) is 41.5 Å². The molecule has 0 aliphatic heterocycles. The molecule has 2 nitrogen and oxygen atoms in total. The maximum Gasteiger partial charge on any atom is 0.0109 e. The number of hydrogen-bond donors (Lipinski definition) is 1. The summed E-state index contributed by atoms with van der Waals surface area (Å²) >= 11 is 0. The highest BCUT2D eigenvalue weighted by Crippen LogP contribution is 2.21. The Bertz CT molecular complexity index is 1200. The first-order valence-electron chi connectivity index (χ1n) is 17.3. The van der Waals surface area contributed by atoms with Crippen LogP contribution in [-0.4, -0.2) is 12.0 Å². The average Bonchev–Trinajstić information content (AvgIpc) is 3.10. The predicted molar refractivity (Wildman–Crippen MR) is 214 cm³/mol. The lowest BCUT2D eigenvalue weighted by Gasteiger charge is -2.11. The molecule has 0 spiro atoms. The Morgan fingerprint density at radius 1 is 0.830 bits per heavy atom. The van der Waals surface area contributed by atoms with Crippen LogP contribution in [-0.2, 0) is 6.42 Å². The SMILES string of the molecule is C/C(=C\C=C/CN)C1=CC[C@H](C)C=C1.C=C/C=C\C=C/CCC1C=CC=CC1.CC.CCC.O.c1ccc(Cc2ccccc2)cc1. The molecule has 0 saturated carbocycles. The van der Waals surface area contributed by atoms with Gasteiger partial charge in [-0.05, 0) is 73.1 Å². The standard InChI is InChI=1S/C14H18.C13H19N.C13H12.C3H8.C2H6.H2O/c1-2-3-4-5-6-8-11-14-12-9-7-10-13-14;1-11-6-8-13(9-7-11)12(2)5-3-4-10-14;1-3-7-12(8-4-1)11-13-9-5-2-6-10-13;1-3-2;1-2;/h2-7,9-10,12,14H,1,8,11,13H2;3-6,8-9,11H,7,10,14H2,1-2H3;1-10H,11H2;3H2,1-2H3;1-2H3;1H2/b4-3-,6-5-;4-3-,12-5+;;;;/t;11-;;;;/m.1..../s1. The molecule has 0 fully saturated rings. The quantitative estimate of drug-likeness (QED) is 0.259. The van der Waals surface area contributed by atoms with Crippen LogP contribution in [0.4, 0.5) is 0 Å². The van der Waals surface area contributed by atoms with Gasteiger partial charge in [0.2, 0.25) is 0 Å². The van der Waals surface area contributed by atoms with Crippen molar-refractivity contribution in [2.24, 2.45) is 17.6 Å². The van der Waals surface area contributed by atoms with Gasteiger partial charge in [0.05, 0.1) is 0 Å². The zero-order valence-electron chi connectivity index (χ0n) is 30.3. The molecule has 2 aliphatic carbocycles. The van der Waals surface area contributed by atoms with E-state index in [0.29, 0.717) is 12.5 Å². The minimum absolute atomic E-state index is 0. The molecule has 2 aliphatic rings. The molecule has 4 N–H and O–H groups in total. The van der Waals surface area contributed by atoms with Gasteiger partial charge in [0, 0.05) is 6.54 Å². The lowest BCUT2D eigenvalue weighted by atomic mass is 9.95. The zero-order chi connectivity index (χ0) is 34.1. The molecule has 2 heteroatoms. The van der Waals surface area contributed by atoms with Gasteiger partial charge < -0.3 is 11.2 Å². The first-order chi connectivity index (χ1) is 22.5. The van der Waals surface area contributed by atoms with Crippen molar-refractivity contribution in [1.82, 2.24) is 0 Å². The van der Waals surface area contributed by atoms with Crippen molar-refractivity contribution in [2.75, 3.05) is 6.54 Å². The fourth-order valence-electron chi connectivity index (χ4n) is 4.31. The van der Waals surface area contributed by atoms with E-state index in [1.54, 1.807) is 6.08 Å². The third-order valence-corrected chi connectivity index (χ3v) is 6.75. The van der Waals surface area contributed by atoms with Crippen molar-refractivity contribution in [3.8, 4) is 0 Å². The maximum atomic E-state index is 5.37. The van der Waals surface area contributed by atoms with Gasteiger partial charge in [0.15, 0.2) is 0 Å². The van der Waals surface area contributed by atoms with Crippen LogP contribution in [0, 0.1) is 11.8 Å². The van der Waals surface area contributed by atoms with Crippen molar-refractivity contribution in [2.45, 2.75) is 80.1 Å². The normalized spacial score (nSPS) is 16.3. The van der Waals surface area contributed by atoms with Crippen molar-refractivity contribution >= 4 is 0 Å². The Labute approximate surface area is 289 Å². The van der Waals surface area contributed by atoms with Crippen molar-refractivity contribution in [3.63, 3.8) is 0 Å². The van der Waals surface area contributed by atoms with Crippen LogP contribution >= 0.6 is 0 Å². The summed E-state index contributed by atoms with van der Waals surface area (Å²) in [5, 5.41) is 0. The molecule has 2 atom stereocenters. The Hall–Kier alpha value is -3.98. The monoisotopic (exact) mass is 636 g/mol. The molecular formula is C45H65NO. The Morgan fingerprint density at radius 3 is 1.94 bits per heavy atom. The molecule has 0 saturated heterocycles. The molecule has 2 aromatic rings. The second-order valence-corrected chi connectivity index (χ2v) is 11.0. The van der Waals surface area contributed by atoms with Gasteiger partial charge in [0.25, 0.3) is 0 Å². The van der Waals surface area contributed by atoms with Crippen LogP contribution < -0.4 is 5.73 Å². The van der Waals surface area contributed by atoms with Crippen LogP contribution in [0.3, 0.4) is 0 Å². The summed E-state index contributed by atoms with van der Waals surface area (Å²) in [7, 11) is 0. The van der Waals surface area contributed by atoms with Crippen LogP contribution in [0.2, 0.25) is 0 Å². The maximum absolute atomic E-state index is 5.37. The van der Waals surface area contributed by atoms with Gasteiger partial charge in [-0.25, -0.2) is 0 Å². The third-order valence-electron chi connectivity index (χ3n) is 6.75. The number of benzene rings is 2. The van der Waals surface area contributed by atoms with Crippen molar-refractivity contribution in [3.05, 3.63) is 181 Å². The highest BCUT2D eigenvalue weighted by atomic mass is 16.0. The lowest BCUT2D eigenvalue weighted by molar-refractivity contribution is 0.602. The Morgan fingerprint density at radius 2 is 1.45 bits per heavy atom. The van der Waals surface area contributed by atoms with Crippen LogP contribution in [0.25, 0.3) is 0 Å². The summed E-state index contributed by atoms with van der Waals surface area (Å²) in [4.78, 5) is 0. The highest BCUT2D eigenvalue weighted by molar-refractivity contribution is 5.42. The van der Waals surface area contributed by atoms with Gasteiger partial charge in [-0.3, -0.25) is 0 Å². The van der Waals surface area contributed by atoms with E-state index in [9.17, 15) is 0 Å². The molecule has 47 heavy (non-hydrogen) atoms. The van der Waals surface area contributed by atoms with Crippen LogP contribution in [0.1, 0.15) is 84.8 Å². The van der Waals surface area contributed by atoms with Crippen molar-refractivity contribution < 1.29 is 5.48 Å². The lowest BCUT2D eigenvalue weighted by Crippen LogP contribution is -1.95. The van der Waals surface area contributed by atoms with Crippen LogP contribution in [0.15, 0.2) is 170 Å². The summed E-state index contributed by atoms with van der Waals surface area (Å²) in [6, 6.07) is 21.1. The molecule has 2 aromatic carbocycles. The van der Waals surface area contributed by atoms with E-state index in [1.807, 2.05) is 38.2 Å². The second kappa shape index (κ2) is 33.4. The summed E-state index contributed by atoms with van der Waals surface area (Å²) in [6.45, 7) is 16.8. The number of allylic oxidation sites excluding steroid dienone is 16. The van der Waals surface area contributed by atoms with E-state index < -0.39 is 0 Å². The molecule has 1 unspecified atom stereocenters. The number of rotatable bonds is 10. The van der Waals surface area contributed by atoms with Gasteiger partial charge >= 0.3 is 0 Å². The smallest absolute Gasteiger partial charge is 0.0109 e. The topological polar surface area (TPSA) is 57.5 Å². The first kappa shape index (κ1) is 45.1. The molecular weight excluding hydrogens is 571 g/mol. The third kappa shape index (κ3) is 25.9. The molecule has 0 amide bonds. The summed E-state index contributed by atoms with van der Waals surface area (Å²) in [5.41, 5.74) is 10.7. The summed E-state index contributed by atoms with van der Waals surface area (Å²) in [6.07, 6.45) is 38.8. The van der Waals surface area contributed by atoms with E-state index in [4.69, 9.17) is 5.73 Å². The van der Waals surface area contributed by atoms with E-state index in [-0.39, 0.29) is 5.48 Å². The fraction of sp³-hybridized carbons (Fsp3) is 0.333. The van der Waals surface area contributed by atoms with Gasteiger partial charge in [-0.15, -0.1) is 0 Å². The molecule has 256 valence electrons. The number of hydrogen-bond acceptors (Lipinski definition) is 1. The van der Waals surface area contributed by atoms with E-state index in [2.05, 4.69) is 156 Å². The molecule has 0 heterocycles. The highest BCUT2D eigenvalue weighted by Gasteiger charge is 2.04. The molecule has 0 aromatic heterocycles. The largest absolute Gasteiger partial charge is 0.412 e.